The zero-order valence-corrected chi connectivity index (χ0v) is 10.2. The number of nitrogens with one attached hydrogen (secondary N) is 2. The lowest BCUT2D eigenvalue weighted by molar-refractivity contribution is 0.474. The molecule has 1 fully saturated rings. The average molecular weight is 239 g/mol. The quantitative estimate of drug-likeness (QED) is 0.845. The minimum atomic E-state index is -0.103. The van der Waals surface area contributed by atoms with Crippen LogP contribution in [0.1, 0.15) is 25.7 Å². The van der Waals surface area contributed by atoms with Gasteiger partial charge in [0.15, 0.2) is 0 Å². The maximum Gasteiger partial charge on any atom is 0.252 e. The van der Waals surface area contributed by atoms with Gasteiger partial charge in [-0.1, -0.05) is 12.8 Å². The maximum atomic E-state index is 11.1. The summed E-state index contributed by atoms with van der Waals surface area (Å²) in [6, 6.07) is 1.96. The van der Waals surface area contributed by atoms with Crippen LogP contribution in [0.15, 0.2) is 17.2 Å². The van der Waals surface area contributed by atoms with Gasteiger partial charge in [0.2, 0.25) is 0 Å². The molecule has 0 aromatic carbocycles. The zero-order chi connectivity index (χ0) is 11.4. The summed E-state index contributed by atoms with van der Waals surface area (Å²) in [6.45, 7) is 0. The van der Waals surface area contributed by atoms with E-state index in [1.807, 2.05) is 11.8 Å². The molecule has 0 amide bonds. The van der Waals surface area contributed by atoms with Gasteiger partial charge in [0.25, 0.3) is 5.56 Å². The Morgan fingerprint density at radius 2 is 2.31 bits per heavy atom. The van der Waals surface area contributed by atoms with E-state index in [-0.39, 0.29) is 5.56 Å². The second-order valence-corrected chi connectivity index (χ2v) is 5.18. The summed E-state index contributed by atoms with van der Waals surface area (Å²) in [6.07, 6.45) is 8.59. The van der Waals surface area contributed by atoms with E-state index in [1.54, 1.807) is 0 Å². The first kappa shape index (κ1) is 11.5. The van der Waals surface area contributed by atoms with Crippen molar-refractivity contribution >= 4 is 17.6 Å². The third kappa shape index (κ3) is 2.78. The smallest absolute Gasteiger partial charge is 0.252 e. The van der Waals surface area contributed by atoms with Gasteiger partial charge in [-0.05, 0) is 19.1 Å². The molecule has 0 saturated heterocycles. The van der Waals surface area contributed by atoms with Gasteiger partial charge in [0, 0.05) is 17.4 Å². The van der Waals surface area contributed by atoms with Crippen LogP contribution in [-0.4, -0.2) is 27.5 Å². The summed E-state index contributed by atoms with van der Waals surface area (Å²) >= 11 is 1.90. The third-order valence-electron chi connectivity index (χ3n) is 3.02. The Labute approximate surface area is 99.3 Å². The molecule has 1 aromatic heterocycles. The van der Waals surface area contributed by atoms with Gasteiger partial charge in [-0.25, -0.2) is 4.98 Å². The summed E-state index contributed by atoms with van der Waals surface area (Å²) in [5.41, 5.74) is -0.103. The van der Waals surface area contributed by atoms with Gasteiger partial charge >= 0.3 is 0 Å². The van der Waals surface area contributed by atoms with E-state index in [0.29, 0.717) is 17.1 Å². The molecule has 2 atom stereocenters. The van der Waals surface area contributed by atoms with Crippen LogP contribution in [0.25, 0.3) is 0 Å². The number of H-pyrrole nitrogens is 1. The monoisotopic (exact) mass is 239 g/mol. The molecule has 16 heavy (non-hydrogen) atoms. The van der Waals surface area contributed by atoms with Gasteiger partial charge in [-0.15, -0.1) is 0 Å². The molecule has 4 nitrogen and oxygen atoms in total. The highest BCUT2D eigenvalue weighted by Crippen LogP contribution is 2.28. The number of anilines is 1. The predicted octanol–water partition coefficient (Wildman–Crippen LogP) is 1.86. The average Bonchev–Trinajstić information content (AvgIpc) is 2.30. The molecule has 88 valence electrons. The lowest BCUT2D eigenvalue weighted by Crippen LogP contribution is -2.34. The van der Waals surface area contributed by atoms with E-state index in [9.17, 15) is 4.79 Å². The van der Waals surface area contributed by atoms with Gasteiger partial charge in [0.1, 0.15) is 5.82 Å². The lowest BCUT2D eigenvalue weighted by Gasteiger charge is -2.31. The highest BCUT2D eigenvalue weighted by Gasteiger charge is 2.24. The van der Waals surface area contributed by atoms with Crippen LogP contribution in [0.5, 0.6) is 0 Å². The van der Waals surface area contributed by atoms with Crippen LogP contribution in [0.2, 0.25) is 0 Å². The molecule has 1 aliphatic carbocycles. The highest BCUT2D eigenvalue weighted by molar-refractivity contribution is 7.99. The molecule has 2 unspecified atom stereocenters. The minimum absolute atomic E-state index is 0.103. The van der Waals surface area contributed by atoms with Crippen molar-refractivity contribution < 1.29 is 0 Å². The van der Waals surface area contributed by atoms with E-state index >= 15 is 0 Å². The van der Waals surface area contributed by atoms with Crippen LogP contribution < -0.4 is 10.9 Å². The molecule has 1 saturated carbocycles. The van der Waals surface area contributed by atoms with E-state index in [1.165, 1.54) is 38.1 Å². The number of thioether (sulfide) groups is 1. The molecule has 1 aromatic rings. The molecule has 0 spiro atoms. The van der Waals surface area contributed by atoms with Crippen LogP contribution >= 0.6 is 11.8 Å². The number of nitrogens with zero attached hydrogens (tertiary/aromatic N) is 1. The van der Waals surface area contributed by atoms with Crippen LogP contribution in [0.3, 0.4) is 0 Å². The Bertz CT molecular complexity index is 393. The molecule has 0 radical (unpaired) electrons. The third-order valence-corrected chi connectivity index (χ3v) is 4.19. The largest absolute Gasteiger partial charge is 0.366 e. The highest BCUT2D eigenvalue weighted by atomic mass is 32.2. The second kappa shape index (κ2) is 5.39. The molecular weight excluding hydrogens is 222 g/mol. The van der Waals surface area contributed by atoms with Crippen molar-refractivity contribution in [1.29, 1.82) is 0 Å². The Morgan fingerprint density at radius 1 is 1.50 bits per heavy atom. The van der Waals surface area contributed by atoms with Crippen molar-refractivity contribution in [2.24, 2.45) is 0 Å². The minimum Gasteiger partial charge on any atom is -0.366 e. The van der Waals surface area contributed by atoms with Crippen LogP contribution in [-0.2, 0) is 0 Å². The first-order valence-corrected chi connectivity index (χ1v) is 6.92. The zero-order valence-electron chi connectivity index (χ0n) is 9.40. The van der Waals surface area contributed by atoms with Gasteiger partial charge in [-0.3, -0.25) is 4.79 Å². The first-order chi connectivity index (χ1) is 7.79. The van der Waals surface area contributed by atoms with E-state index in [2.05, 4.69) is 21.5 Å². The molecule has 0 aliphatic heterocycles. The number of hydrogen-bond acceptors (Lipinski definition) is 4. The molecule has 1 heterocycles. The van der Waals surface area contributed by atoms with E-state index in [0.717, 1.165) is 0 Å². The van der Waals surface area contributed by atoms with Crippen LogP contribution in [0.4, 0.5) is 5.82 Å². The fourth-order valence-corrected chi connectivity index (χ4v) is 3.12. The summed E-state index contributed by atoms with van der Waals surface area (Å²) in [5.74, 6) is 0.690. The van der Waals surface area contributed by atoms with Crippen molar-refractivity contribution in [3.05, 3.63) is 22.7 Å². The van der Waals surface area contributed by atoms with Crippen molar-refractivity contribution in [3.8, 4) is 0 Å². The molecule has 0 bridgehead atoms. The number of aromatic nitrogens is 2. The summed E-state index contributed by atoms with van der Waals surface area (Å²) < 4.78 is 0. The van der Waals surface area contributed by atoms with Crippen molar-refractivity contribution in [1.82, 2.24) is 9.97 Å². The lowest BCUT2D eigenvalue weighted by atomic mass is 9.95. The molecule has 2 rings (SSSR count). The Kier molecular flexibility index (Phi) is 3.88. The fourth-order valence-electron chi connectivity index (χ4n) is 2.18. The van der Waals surface area contributed by atoms with E-state index in [4.69, 9.17) is 0 Å². The summed E-state index contributed by atoms with van der Waals surface area (Å²) in [5, 5.41) is 4.00. The van der Waals surface area contributed by atoms with Gasteiger partial charge in [-0.2, -0.15) is 11.8 Å². The molecular formula is C11H17N3OS. The first-order valence-electron chi connectivity index (χ1n) is 5.63. The standard InChI is InChI=1S/C11H17N3OS/c1-16-9-5-3-2-4-8(9)14-10-6-11(15)13-7-12-10/h6-9H,2-5H2,1H3,(H2,12,13,14,15). The molecule has 1 aliphatic rings. The van der Waals surface area contributed by atoms with Crippen LogP contribution in [0, 0.1) is 0 Å². The Hall–Kier alpha value is -0.970. The second-order valence-electron chi connectivity index (χ2n) is 4.11. The predicted molar refractivity (Wildman–Crippen MR) is 68.0 cm³/mol. The molecule has 5 heteroatoms. The number of aromatic amines is 1. The molecule has 2 N–H and O–H groups in total. The fraction of sp³-hybridized carbons (Fsp3) is 0.636. The van der Waals surface area contributed by atoms with Crippen molar-refractivity contribution in [2.45, 2.75) is 37.0 Å². The number of rotatable bonds is 3. The topological polar surface area (TPSA) is 57.8 Å². The number of hydrogen-bond donors (Lipinski definition) is 2. The SMILES string of the molecule is CSC1CCCCC1Nc1cc(=O)[nH]cn1. The van der Waals surface area contributed by atoms with Gasteiger partial charge in [0.05, 0.1) is 6.33 Å². The maximum absolute atomic E-state index is 11.1. The van der Waals surface area contributed by atoms with Crippen molar-refractivity contribution in [3.63, 3.8) is 0 Å². The normalized spacial score (nSPS) is 25.3. The van der Waals surface area contributed by atoms with Crippen molar-refractivity contribution in [2.75, 3.05) is 11.6 Å². The van der Waals surface area contributed by atoms with E-state index < -0.39 is 0 Å². The summed E-state index contributed by atoms with van der Waals surface area (Å²) in [7, 11) is 0. The Morgan fingerprint density at radius 3 is 3.06 bits per heavy atom. The summed E-state index contributed by atoms with van der Waals surface area (Å²) in [4.78, 5) is 17.8. The Balaban J connectivity index is 2.05. The van der Waals surface area contributed by atoms with Gasteiger partial charge < -0.3 is 10.3 Å².